The number of likely N-dealkylation sites (N-methyl/N-ethyl adjacent to an activating group) is 1. The lowest BCUT2D eigenvalue weighted by atomic mass is 10.1. The minimum Gasteiger partial charge on any atom is -0.493 e. The normalized spacial score (nSPS) is 11.8. The van der Waals surface area contributed by atoms with Crippen LogP contribution in [0.5, 0.6) is 11.5 Å². The van der Waals surface area contributed by atoms with Crippen LogP contribution >= 0.6 is 11.8 Å². The Labute approximate surface area is 184 Å². The molecule has 0 heterocycles. The van der Waals surface area contributed by atoms with Crippen molar-refractivity contribution in [1.82, 2.24) is 4.90 Å². The second-order valence-electron chi connectivity index (χ2n) is 6.78. The van der Waals surface area contributed by atoms with Crippen molar-refractivity contribution in [3.05, 3.63) is 90.0 Å². The first-order valence-corrected chi connectivity index (χ1v) is 10.5. The van der Waals surface area contributed by atoms with Crippen LogP contribution in [0.1, 0.15) is 16.4 Å². The molecular formula is C24H23F2NO3S. The van der Waals surface area contributed by atoms with Crippen molar-refractivity contribution in [2.24, 2.45) is 0 Å². The van der Waals surface area contributed by atoms with Gasteiger partial charge in [0.2, 0.25) is 5.91 Å². The van der Waals surface area contributed by atoms with Crippen molar-refractivity contribution < 1.29 is 23.0 Å². The fourth-order valence-corrected chi connectivity index (χ4v) is 4.24. The quantitative estimate of drug-likeness (QED) is 0.393. The summed E-state index contributed by atoms with van der Waals surface area (Å²) in [6.45, 7) is -2.64. The number of alkyl halides is 2. The van der Waals surface area contributed by atoms with Crippen molar-refractivity contribution in [1.29, 1.82) is 0 Å². The molecule has 3 aromatic carbocycles. The summed E-state index contributed by atoms with van der Waals surface area (Å²) in [6.07, 6.45) is 0. The smallest absolute Gasteiger partial charge is 0.387 e. The Morgan fingerprint density at radius 3 is 2.23 bits per heavy atom. The summed E-state index contributed by atoms with van der Waals surface area (Å²) in [5.41, 5.74) is 1.65. The number of amides is 1. The molecule has 0 saturated heterocycles. The molecule has 0 aliphatic rings. The van der Waals surface area contributed by atoms with Gasteiger partial charge >= 0.3 is 6.61 Å². The van der Waals surface area contributed by atoms with Gasteiger partial charge in [0.05, 0.1) is 7.11 Å². The maximum Gasteiger partial charge on any atom is 0.387 e. The molecule has 3 aromatic rings. The van der Waals surface area contributed by atoms with Crippen LogP contribution in [0.25, 0.3) is 0 Å². The monoisotopic (exact) mass is 443 g/mol. The Morgan fingerprint density at radius 1 is 0.968 bits per heavy atom. The van der Waals surface area contributed by atoms with Crippen LogP contribution in [0, 0.1) is 0 Å². The number of hydrogen-bond acceptors (Lipinski definition) is 4. The van der Waals surface area contributed by atoms with Gasteiger partial charge in [-0.1, -0.05) is 54.6 Å². The molecule has 3 rings (SSSR count). The minimum atomic E-state index is -2.94. The van der Waals surface area contributed by atoms with Crippen LogP contribution in [0.15, 0.2) is 83.8 Å². The largest absolute Gasteiger partial charge is 0.493 e. The third-order valence-corrected chi connectivity index (χ3v) is 5.82. The summed E-state index contributed by atoms with van der Waals surface area (Å²) < 4.78 is 34.7. The summed E-state index contributed by atoms with van der Waals surface area (Å²) in [6, 6.07) is 24.0. The molecule has 1 atom stereocenters. The Kier molecular flexibility index (Phi) is 7.89. The lowest BCUT2D eigenvalue weighted by molar-refractivity contribution is -0.129. The topological polar surface area (TPSA) is 38.8 Å². The number of carbonyl (C=O) groups excluding carboxylic acids is 1. The molecule has 0 radical (unpaired) electrons. The van der Waals surface area contributed by atoms with Gasteiger partial charge < -0.3 is 14.4 Å². The predicted octanol–water partition coefficient (Wildman–Crippen LogP) is 5.79. The SMILES string of the molecule is COc1cc(CN(C)C(=O)C(Sc2ccccc2)c2ccccc2)ccc1OC(F)F. The number of nitrogens with zero attached hydrogens (tertiary/aromatic N) is 1. The van der Waals surface area contributed by atoms with E-state index in [0.29, 0.717) is 6.54 Å². The number of benzene rings is 3. The van der Waals surface area contributed by atoms with E-state index in [4.69, 9.17) is 4.74 Å². The van der Waals surface area contributed by atoms with Gasteiger partial charge in [-0.25, -0.2) is 0 Å². The summed E-state index contributed by atoms with van der Waals surface area (Å²) in [5.74, 6) is 0.0841. The Balaban J connectivity index is 1.79. The van der Waals surface area contributed by atoms with Gasteiger partial charge in [-0.2, -0.15) is 8.78 Å². The highest BCUT2D eigenvalue weighted by Gasteiger charge is 2.25. The fraction of sp³-hybridized carbons (Fsp3) is 0.208. The first-order valence-electron chi connectivity index (χ1n) is 9.61. The molecule has 0 aliphatic carbocycles. The Morgan fingerprint density at radius 2 is 1.61 bits per heavy atom. The average molecular weight is 444 g/mol. The Bertz CT molecular complexity index is 987. The number of hydrogen-bond donors (Lipinski definition) is 0. The van der Waals surface area contributed by atoms with E-state index in [9.17, 15) is 13.6 Å². The number of methoxy groups -OCH3 is 1. The van der Waals surface area contributed by atoms with Crippen molar-refractivity contribution in [2.45, 2.75) is 23.3 Å². The third-order valence-electron chi connectivity index (χ3n) is 4.56. The zero-order valence-corrected chi connectivity index (χ0v) is 18.0. The van der Waals surface area contributed by atoms with E-state index >= 15 is 0 Å². The number of thioether (sulfide) groups is 1. The molecule has 162 valence electrons. The summed E-state index contributed by atoms with van der Waals surface area (Å²) in [4.78, 5) is 16.0. The summed E-state index contributed by atoms with van der Waals surface area (Å²) in [5, 5.41) is -0.420. The van der Waals surface area contributed by atoms with Gasteiger partial charge in [0.1, 0.15) is 5.25 Å². The molecule has 7 heteroatoms. The van der Waals surface area contributed by atoms with Gasteiger partial charge in [-0.3, -0.25) is 4.79 Å². The molecule has 0 saturated carbocycles. The van der Waals surface area contributed by atoms with E-state index < -0.39 is 11.9 Å². The third kappa shape index (κ3) is 6.21. The molecule has 31 heavy (non-hydrogen) atoms. The summed E-state index contributed by atoms with van der Waals surface area (Å²) >= 11 is 1.49. The molecule has 0 aromatic heterocycles. The van der Waals surface area contributed by atoms with E-state index in [1.165, 1.54) is 24.9 Å². The molecule has 0 fully saturated rings. The van der Waals surface area contributed by atoms with Gasteiger partial charge in [-0.15, -0.1) is 11.8 Å². The second kappa shape index (κ2) is 10.8. The highest BCUT2D eigenvalue weighted by molar-refractivity contribution is 8.00. The van der Waals surface area contributed by atoms with E-state index in [2.05, 4.69) is 4.74 Å². The van der Waals surface area contributed by atoms with Crippen molar-refractivity contribution >= 4 is 17.7 Å². The fourth-order valence-electron chi connectivity index (χ4n) is 3.08. The molecule has 0 aliphatic heterocycles. The van der Waals surface area contributed by atoms with Crippen LogP contribution in [-0.2, 0) is 11.3 Å². The van der Waals surface area contributed by atoms with Crippen molar-refractivity contribution in [2.75, 3.05) is 14.2 Å². The van der Waals surface area contributed by atoms with E-state index in [0.717, 1.165) is 16.0 Å². The van der Waals surface area contributed by atoms with Crippen LogP contribution in [0.3, 0.4) is 0 Å². The lowest BCUT2D eigenvalue weighted by Gasteiger charge is -2.24. The highest BCUT2D eigenvalue weighted by Crippen LogP contribution is 2.37. The lowest BCUT2D eigenvalue weighted by Crippen LogP contribution is -2.30. The molecule has 4 nitrogen and oxygen atoms in total. The maximum atomic E-state index is 13.4. The molecule has 1 unspecified atom stereocenters. The highest BCUT2D eigenvalue weighted by atomic mass is 32.2. The van der Waals surface area contributed by atoms with Crippen molar-refractivity contribution in [3.63, 3.8) is 0 Å². The van der Waals surface area contributed by atoms with Crippen LogP contribution < -0.4 is 9.47 Å². The van der Waals surface area contributed by atoms with Gasteiger partial charge in [-0.05, 0) is 35.4 Å². The van der Waals surface area contributed by atoms with E-state index in [-0.39, 0.29) is 17.4 Å². The average Bonchev–Trinajstić information content (AvgIpc) is 2.79. The maximum absolute atomic E-state index is 13.4. The standard InChI is InChI=1S/C24H23F2NO3S/c1-27(16-17-13-14-20(30-24(25)26)21(15-17)29-2)23(28)22(18-9-5-3-6-10-18)31-19-11-7-4-8-12-19/h3-15,22,24H,16H2,1-2H3. The summed E-state index contributed by atoms with van der Waals surface area (Å²) in [7, 11) is 3.11. The minimum absolute atomic E-state index is 0.0444. The first-order chi connectivity index (χ1) is 15.0. The number of ether oxygens (including phenoxy) is 2. The molecule has 1 amide bonds. The Hall–Kier alpha value is -3.06. The van der Waals surface area contributed by atoms with Crippen molar-refractivity contribution in [3.8, 4) is 11.5 Å². The molecule has 0 N–H and O–H groups in total. The number of rotatable bonds is 9. The molecule has 0 spiro atoms. The van der Waals surface area contributed by atoms with E-state index in [1.807, 2.05) is 60.7 Å². The van der Waals surface area contributed by atoms with Crippen LogP contribution in [0.2, 0.25) is 0 Å². The second-order valence-corrected chi connectivity index (χ2v) is 7.96. The number of halogens is 2. The molecular weight excluding hydrogens is 420 g/mol. The van der Waals surface area contributed by atoms with Gasteiger partial charge in [0, 0.05) is 18.5 Å². The molecule has 0 bridgehead atoms. The van der Waals surface area contributed by atoms with Gasteiger partial charge in [0.15, 0.2) is 11.5 Å². The van der Waals surface area contributed by atoms with Crippen LogP contribution in [0.4, 0.5) is 8.78 Å². The predicted molar refractivity (Wildman–Crippen MR) is 118 cm³/mol. The van der Waals surface area contributed by atoms with E-state index in [1.54, 1.807) is 24.1 Å². The zero-order chi connectivity index (χ0) is 22.2. The number of carbonyl (C=O) groups is 1. The zero-order valence-electron chi connectivity index (χ0n) is 17.2. The van der Waals surface area contributed by atoms with Gasteiger partial charge in [0.25, 0.3) is 0 Å². The first kappa shape index (κ1) is 22.6. The van der Waals surface area contributed by atoms with Crippen LogP contribution in [-0.4, -0.2) is 31.6 Å².